The van der Waals surface area contributed by atoms with Crippen molar-refractivity contribution < 1.29 is 32.3 Å². The molecule has 5 rings (SSSR count). The second kappa shape index (κ2) is 10.3. The van der Waals surface area contributed by atoms with Crippen molar-refractivity contribution in [2.45, 2.75) is 43.4 Å². The highest BCUT2D eigenvalue weighted by molar-refractivity contribution is 7.92. The van der Waals surface area contributed by atoms with E-state index in [4.69, 9.17) is 11.6 Å². The maximum absolute atomic E-state index is 13.5. The van der Waals surface area contributed by atoms with Crippen LogP contribution in [0.25, 0.3) is 11.6 Å². The van der Waals surface area contributed by atoms with Crippen LogP contribution in [-0.4, -0.2) is 36.2 Å². The number of benzene rings is 2. The second-order valence-electron chi connectivity index (χ2n) is 9.35. The minimum Gasteiger partial charge on any atom is -0.481 e. The van der Waals surface area contributed by atoms with Gasteiger partial charge >= 0.3 is 5.97 Å². The Kier molecular flexibility index (Phi) is 7.04. The number of aromatic amines is 1. The predicted molar refractivity (Wildman–Crippen MR) is 144 cm³/mol. The highest BCUT2D eigenvalue weighted by atomic mass is 35.5. The molecule has 2 heterocycles. The van der Waals surface area contributed by atoms with E-state index in [9.17, 15) is 32.3 Å². The Morgan fingerprint density at radius 3 is 2.64 bits per heavy atom. The molecule has 9 nitrogen and oxygen atoms in total. The number of carbonyl (C=O) groups excluding carboxylic acids is 2. The number of hydrogen-bond donors (Lipinski definition) is 4. The van der Waals surface area contributed by atoms with E-state index in [-0.39, 0.29) is 39.8 Å². The molecule has 0 bridgehead atoms. The summed E-state index contributed by atoms with van der Waals surface area (Å²) >= 11 is 5.77. The quantitative estimate of drug-likeness (QED) is 0.231. The summed E-state index contributed by atoms with van der Waals surface area (Å²) in [4.78, 5) is 40.2. The zero-order valence-electron chi connectivity index (χ0n) is 20.4. The number of ketones is 1. The minimum absolute atomic E-state index is 0.0625. The van der Waals surface area contributed by atoms with Gasteiger partial charge in [-0.1, -0.05) is 11.6 Å². The first-order valence-electron chi connectivity index (χ1n) is 12.2. The Hall–Kier alpha value is -3.96. The molecule has 3 aromatic rings. The Balaban J connectivity index is 1.55. The number of carboxylic acid groups (broad SMARTS) is 1. The van der Waals surface area contributed by atoms with Gasteiger partial charge in [-0.2, -0.15) is 0 Å². The van der Waals surface area contributed by atoms with Crippen molar-refractivity contribution in [2.24, 2.45) is 0 Å². The number of sulfonamides is 1. The van der Waals surface area contributed by atoms with Gasteiger partial charge in [0.1, 0.15) is 5.82 Å². The van der Waals surface area contributed by atoms with Crippen molar-refractivity contribution in [1.29, 1.82) is 0 Å². The summed E-state index contributed by atoms with van der Waals surface area (Å²) in [7, 11) is -4.13. The SMILES string of the molecule is O=C(O)CCc1c(C=C2C(=O)Nc3ccc(S(=O)(=O)Nc4ccc(F)c(Cl)c4)cc32)[nH]c2c1C(=O)CCCC2. The van der Waals surface area contributed by atoms with E-state index in [1.807, 2.05) is 0 Å². The van der Waals surface area contributed by atoms with E-state index in [0.29, 0.717) is 46.6 Å². The zero-order chi connectivity index (χ0) is 27.9. The number of Topliss-reactive ketones (excluding diaryl/α,β-unsaturated/α-hetero) is 1. The number of hydrogen-bond acceptors (Lipinski definition) is 5. The van der Waals surface area contributed by atoms with Gasteiger partial charge in [-0.05, 0) is 73.7 Å². The number of anilines is 2. The number of nitrogens with one attached hydrogen (secondary N) is 3. The van der Waals surface area contributed by atoms with Gasteiger partial charge in [0, 0.05) is 41.0 Å². The number of fused-ring (bicyclic) bond motifs is 2. The van der Waals surface area contributed by atoms with Crippen LogP contribution in [0.4, 0.5) is 15.8 Å². The fourth-order valence-corrected chi connectivity index (χ4v) is 6.12. The molecule has 2 aromatic carbocycles. The number of rotatable bonds is 7. The lowest BCUT2D eigenvalue weighted by Crippen LogP contribution is -2.13. The maximum Gasteiger partial charge on any atom is 0.303 e. The average molecular weight is 572 g/mol. The van der Waals surface area contributed by atoms with E-state index in [1.54, 1.807) is 0 Å². The number of carbonyl (C=O) groups is 3. The lowest BCUT2D eigenvalue weighted by molar-refractivity contribution is -0.137. The van der Waals surface area contributed by atoms with E-state index in [2.05, 4.69) is 15.0 Å². The van der Waals surface area contributed by atoms with Crippen LogP contribution in [0.2, 0.25) is 5.02 Å². The van der Waals surface area contributed by atoms with Crippen LogP contribution in [0, 0.1) is 5.82 Å². The Morgan fingerprint density at radius 2 is 1.90 bits per heavy atom. The van der Waals surface area contributed by atoms with Crippen molar-refractivity contribution in [2.75, 3.05) is 10.0 Å². The van der Waals surface area contributed by atoms with Gasteiger partial charge < -0.3 is 15.4 Å². The minimum atomic E-state index is -4.13. The standard InChI is InChI=1S/C27H23ClFN3O6S/c28-19-11-14(5-8-20(19)29)32-39(37,38)15-6-9-21-17(12-15)18(27(36)31-21)13-23-16(7-10-25(34)35)26-22(30-23)3-1-2-4-24(26)33/h5-6,8-9,11-13,30,32H,1-4,7,10H2,(H,31,36)(H,34,35). The van der Waals surface area contributed by atoms with Gasteiger partial charge in [-0.25, -0.2) is 12.8 Å². The number of aromatic nitrogens is 1. The first-order chi connectivity index (χ1) is 18.5. The number of aliphatic carboxylic acids is 1. The lowest BCUT2D eigenvalue weighted by atomic mass is 9.97. The summed E-state index contributed by atoms with van der Waals surface area (Å²) in [5.74, 6) is -2.25. The van der Waals surface area contributed by atoms with Gasteiger partial charge in [0.2, 0.25) is 0 Å². The summed E-state index contributed by atoms with van der Waals surface area (Å²) < 4.78 is 42.0. The van der Waals surface area contributed by atoms with Gasteiger partial charge in [-0.3, -0.25) is 19.1 Å². The van der Waals surface area contributed by atoms with Crippen LogP contribution < -0.4 is 10.0 Å². The van der Waals surface area contributed by atoms with Crippen molar-refractivity contribution in [3.63, 3.8) is 0 Å². The molecular weight excluding hydrogens is 549 g/mol. The first-order valence-corrected chi connectivity index (χ1v) is 14.0. The van der Waals surface area contributed by atoms with Gasteiger partial charge in [0.05, 0.1) is 21.2 Å². The maximum atomic E-state index is 13.5. The highest BCUT2D eigenvalue weighted by Gasteiger charge is 2.29. The van der Waals surface area contributed by atoms with E-state index >= 15 is 0 Å². The summed E-state index contributed by atoms with van der Waals surface area (Å²) in [5.41, 5.74) is 3.11. The zero-order valence-corrected chi connectivity index (χ0v) is 22.0. The molecule has 1 aliphatic heterocycles. The van der Waals surface area contributed by atoms with E-state index in [0.717, 1.165) is 25.0 Å². The number of halogens is 2. The largest absolute Gasteiger partial charge is 0.481 e. The highest BCUT2D eigenvalue weighted by Crippen LogP contribution is 2.37. The summed E-state index contributed by atoms with van der Waals surface area (Å²) in [5, 5.41) is 11.7. The molecule has 12 heteroatoms. The fourth-order valence-electron chi connectivity index (χ4n) is 4.86. The summed E-state index contributed by atoms with van der Waals surface area (Å²) in [6.07, 6.45) is 3.94. The van der Waals surface area contributed by atoms with Crippen molar-refractivity contribution in [1.82, 2.24) is 4.98 Å². The third kappa shape index (κ3) is 5.32. The molecule has 4 N–H and O–H groups in total. The molecule has 0 unspecified atom stereocenters. The molecule has 0 spiro atoms. The molecule has 39 heavy (non-hydrogen) atoms. The normalized spacial score (nSPS) is 16.0. The summed E-state index contributed by atoms with van der Waals surface area (Å²) in [6, 6.07) is 7.53. The number of carboxylic acids is 1. The average Bonchev–Trinajstić information content (AvgIpc) is 3.31. The topological polar surface area (TPSA) is 145 Å². The second-order valence-corrected chi connectivity index (χ2v) is 11.4. The molecule has 0 saturated heterocycles. The Morgan fingerprint density at radius 1 is 1.13 bits per heavy atom. The van der Waals surface area contributed by atoms with Gasteiger partial charge in [0.25, 0.3) is 15.9 Å². The molecule has 0 saturated carbocycles. The number of aryl methyl sites for hydroxylation is 1. The molecule has 202 valence electrons. The van der Waals surface area contributed by atoms with Gasteiger partial charge in [-0.15, -0.1) is 0 Å². The molecule has 0 atom stereocenters. The third-order valence-corrected chi connectivity index (χ3v) is 8.38. The van der Waals surface area contributed by atoms with Crippen LogP contribution in [0.3, 0.4) is 0 Å². The van der Waals surface area contributed by atoms with Crippen molar-refractivity contribution >= 4 is 62.3 Å². The van der Waals surface area contributed by atoms with Gasteiger partial charge in [0.15, 0.2) is 5.78 Å². The van der Waals surface area contributed by atoms with Crippen LogP contribution in [0.15, 0.2) is 41.3 Å². The van der Waals surface area contributed by atoms with E-state index < -0.39 is 27.7 Å². The van der Waals surface area contributed by atoms with Crippen LogP contribution in [-0.2, 0) is 32.5 Å². The van der Waals surface area contributed by atoms with Crippen molar-refractivity contribution in [3.05, 3.63) is 75.3 Å². The molecular formula is C27H23ClFN3O6S. The van der Waals surface area contributed by atoms with Crippen LogP contribution in [0.1, 0.15) is 58.6 Å². The molecule has 1 aromatic heterocycles. The molecule has 1 aliphatic carbocycles. The fraction of sp³-hybridized carbons (Fsp3) is 0.222. The number of amides is 1. The first kappa shape index (κ1) is 26.6. The summed E-state index contributed by atoms with van der Waals surface area (Å²) in [6.45, 7) is 0. The van der Waals surface area contributed by atoms with Crippen LogP contribution >= 0.6 is 11.6 Å². The lowest BCUT2D eigenvalue weighted by Gasteiger charge is -2.10. The molecule has 1 amide bonds. The predicted octanol–water partition coefficient (Wildman–Crippen LogP) is 5.03. The number of H-pyrrole nitrogens is 1. The molecule has 0 fully saturated rings. The van der Waals surface area contributed by atoms with E-state index in [1.165, 1.54) is 30.3 Å². The molecule has 2 aliphatic rings. The third-order valence-electron chi connectivity index (χ3n) is 6.71. The van der Waals surface area contributed by atoms with Crippen LogP contribution in [0.5, 0.6) is 0 Å². The van der Waals surface area contributed by atoms with Crippen molar-refractivity contribution in [3.8, 4) is 0 Å². The smallest absolute Gasteiger partial charge is 0.303 e. The molecule has 0 radical (unpaired) electrons. The Labute approximate surface area is 228 Å². The monoisotopic (exact) mass is 571 g/mol. The Bertz CT molecular complexity index is 1680.